The number of aliphatic carboxylic acids is 3. The van der Waals surface area contributed by atoms with Crippen LogP contribution in [0.2, 0.25) is 0 Å². The number of allylic oxidation sites excluding steroid dienone is 2. The van der Waals surface area contributed by atoms with Crippen LogP contribution in [0.1, 0.15) is 143 Å². The van der Waals surface area contributed by atoms with Crippen LogP contribution in [0, 0.1) is 17.8 Å². The Morgan fingerprint density at radius 2 is 0.951 bits per heavy atom. The molecule has 240 valence electrons. The van der Waals surface area contributed by atoms with Crippen LogP contribution in [0.5, 0.6) is 0 Å². The van der Waals surface area contributed by atoms with Crippen molar-refractivity contribution in [2.45, 2.75) is 143 Å². The van der Waals surface area contributed by atoms with Gasteiger partial charge in [0.1, 0.15) is 11.8 Å². The highest BCUT2D eigenvalue weighted by molar-refractivity contribution is 5.70. The molecule has 7 heteroatoms. The lowest BCUT2D eigenvalue weighted by Crippen LogP contribution is -2.59. The minimum absolute atomic E-state index is 0.217. The lowest BCUT2D eigenvalue weighted by Gasteiger charge is -2.44. The maximum absolute atomic E-state index is 12.0. The molecule has 7 nitrogen and oxygen atoms in total. The topological polar surface area (TPSA) is 115 Å². The van der Waals surface area contributed by atoms with Gasteiger partial charge in [0, 0.05) is 5.92 Å². The van der Waals surface area contributed by atoms with Crippen molar-refractivity contribution in [1.29, 1.82) is 0 Å². The first-order valence-corrected chi connectivity index (χ1v) is 16.8. The van der Waals surface area contributed by atoms with Crippen molar-refractivity contribution >= 4 is 17.9 Å². The molecule has 0 fully saturated rings. The Balaban J connectivity index is 4.80. The summed E-state index contributed by atoms with van der Waals surface area (Å²) in [6.07, 6.45) is 24.0. The molecule has 0 saturated heterocycles. The zero-order chi connectivity index (χ0) is 30.9. The van der Waals surface area contributed by atoms with Gasteiger partial charge in [0.2, 0.25) is 0 Å². The van der Waals surface area contributed by atoms with E-state index in [4.69, 9.17) is 0 Å². The van der Waals surface area contributed by atoms with Crippen LogP contribution in [0.25, 0.3) is 0 Å². The minimum atomic E-state index is -1.14. The quantitative estimate of drug-likeness (QED) is 0.0547. The molecule has 0 aromatic carbocycles. The van der Waals surface area contributed by atoms with Gasteiger partial charge in [-0.1, -0.05) is 97.6 Å². The smallest absolute Gasteiger partial charge is 0.312 e. The maximum Gasteiger partial charge on any atom is 0.312 e. The molecular weight excluding hydrogens is 518 g/mol. The highest BCUT2D eigenvalue weighted by Crippen LogP contribution is 2.25. The summed E-state index contributed by atoms with van der Waals surface area (Å²) < 4.78 is 0.217. The Bertz CT molecular complexity index is 662. The molecule has 3 unspecified atom stereocenters. The number of carbonyl (C=O) groups is 3. The summed E-state index contributed by atoms with van der Waals surface area (Å²) in [4.78, 5) is 35.8. The summed E-state index contributed by atoms with van der Waals surface area (Å²) in [6, 6.07) is 0. The molecule has 0 aliphatic heterocycles. The number of nitrogens with zero attached hydrogens (tertiary/aromatic N) is 1. The summed E-state index contributed by atoms with van der Waals surface area (Å²) in [6.45, 7) is 9.02. The molecule has 0 aliphatic rings. The van der Waals surface area contributed by atoms with Crippen molar-refractivity contribution < 1.29 is 34.2 Å². The molecule has 0 rings (SSSR count). The number of quaternary nitrogens is 1. The van der Waals surface area contributed by atoms with E-state index in [9.17, 15) is 29.7 Å². The van der Waals surface area contributed by atoms with E-state index in [-0.39, 0.29) is 24.1 Å². The van der Waals surface area contributed by atoms with E-state index < -0.39 is 35.7 Å². The summed E-state index contributed by atoms with van der Waals surface area (Å²) in [5.41, 5.74) is 0. The zero-order valence-electron chi connectivity index (χ0n) is 26.9. The van der Waals surface area contributed by atoms with E-state index in [1.807, 2.05) is 13.8 Å². The molecule has 41 heavy (non-hydrogen) atoms. The number of rotatable bonds is 29. The Morgan fingerprint density at radius 1 is 0.585 bits per heavy atom. The average Bonchev–Trinajstić information content (AvgIpc) is 2.94. The van der Waals surface area contributed by atoms with Crippen molar-refractivity contribution in [3.05, 3.63) is 12.2 Å². The van der Waals surface area contributed by atoms with Gasteiger partial charge in [-0.15, -0.1) is 0 Å². The van der Waals surface area contributed by atoms with Gasteiger partial charge in [-0.05, 0) is 57.8 Å². The molecular formula is C34H63NO6. The minimum Gasteiger partial charge on any atom is -0.550 e. The van der Waals surface area contributed by atoms with E-state index in [1.165, 1.54) is 70.6 Å². The SMILES string of the molecule is CCCCCCC/C=C/CCCCCCCCCC[N+](CC(CC)C(=O)[O-])(CC(CC)C(=O)O)CC(CC)C(=O)O. The summed E-state index contributed by atoms with van der Waals surface area (Å²) >= 11 is 0. The van der Waals surface area contributed by atoms with Crippen molar-refractivity contribution in [1.82, 2.24) is 0 Å². The van der Waals surface area contributed by atoms with Crippen molar-refractivity contribution in [3.8, 4) is 0 Å². The molecule has 2 N–H and O–H groups in total. The third-order valence-electron chi connectivity index (χ3n) is 8.73. The fraction of sp³-hybridized carbons (Fsp3) is 0.853. The van der Waals surface area contributed by atoms with E-state index in [1.54, 1.807) is 6.92 Å². The molecule has 0 aromatic heterocycles. The summed E-state index contributed by atoms with van der Waals surface area (Å²) in [5.74, 6) is -4.95. The summed E-state index contributed by atoms with van der Waals surface area (Å²) in [7, 11) is 0. The highest BCUT2D eigenvalue weighted by Gasteiger charge is 2.39. The Labute approximate surface area is 251 Å². The van der Waals surface area contributed by atoms with Gasteiger partial charge in [-0.3, -0.25) is 9.59 Å². The lowest BCUT2D eigenvalue weighted by atomic mass is 9.95. The van der Waals surface area contributed by atoms with Crippen molar-refractivity contribution in [3.63, 3.8) is 0 Å². The fourth-order valence-corrected chi connectivity index (χ4v) is 5.91. The van der Waals surface area contributed by atoms with E-state index in [0.29, 0.717) is 25.8 Å². The van der Waals surface area contributed by atoms with Crippen LogP contribution in [0.4, 0.5) is 0 Å². The first-order valence-electron chi connectivity index (χ1n) is 16.8. The highest BCUT2D eigenvalue weighted by atomic mass is 16.4. The Hall–Kier alpha value is -1.89. The lowest BCUT2D eigenvalue weighted by molar-refractivity contribution is -0.935. The second-order valence-corrected chi connectivity index (χ2v) is 12.2. The number of carboxylic acid groups (broad SMARTS) is 3. The Kier molecular flexibility index (Phi) is 23.5. The molecule has 0 amide bonds. The van der Waals surface area contributed by atoms with Gasteiger partial charge in [0.05, 0.1) is 32.1 Å². The average molecular weight is 582 g/mol. The second kappa shape index (κ2) is 24.7. The zero-order valence-corrected chi connectivity index (χ0v) is 26.9. The number of carboxylic acids is 3. The van der Waals surface area contributed by atoms with Gasteiger partial charge < -0.3 is 24.6 Å². The van der Waals surface area contributed by atoms with Crippen molar-refractivity contribution in [2.24, 2.45) is 17.8 Å². The van der Waals surface area contributed by atoms with Crippen LogP contribution in [0.3, 0.4) is 0 Å². The van der Waals surface area contributed by atoms with E-state index in [2.05, 4.69) is 19.1 Å². The molecule has 3 atom stereocenters. The fourth-order valence-electron chi connectivity index (χ4n) is 5.91. The van der Waals surface area contributed by atoms with Crippen LogP contribution in [0.15, 0.2) is 12.2 Å². The van der Waals surface area contributed by atoms with Crippen LogP contribution < -0.4 is 5.11 Å². The first kappa shape index (κ1) is 39.1. The molecule has 0 aromatic rings. The van der Waals surface area contributed by atoms with E-state index >= 15 is 0 Å². The molecule has 0 radical (unpaired) electrons. The third kappa shape index (κ3) is 19.0. The van der Waals surface area contributed by atoms with Crippen molar-refractivity contribution in [2.75, 3.05) is 26.2 Å². The molecule has 0 aliphatic carbocycles. The normalized spacial score (nSPS) is 15.4. The largest absolute Gasteiger partial charge is 0.550 e. The predicted octanol–water partition coefficient (Wildman–Crippen LogP) is 7.23. The second-order valence-electron chi connectivity index (χ2n) is 12.2. The summed E-state index contributed by atoms with van der Waals surface area (Å²) in [5, 5.41) is 31.5. The number of carbonyl (C=O) groups excluding carboxylic acids is 1. The number of unbranched alkanes of at least 4 members (excludes halogenated alkanes) is 13. The predicted molar refractivity (Wildman–Crippen MR) is 165 cm³/mol. The standard InChI is InChI=1S/C34H63NO6/c1-5-9-10-11-12-13-14-15-16-17-18-19-20-21-22-23-24-25-35(26-29(6-2)32(36)37,27-30(7-3)33(38)39)28-31(8-4)34(40)41/h14-15,29-31H,5-13,16-28H2,1-4H3,(H2-,36,37,38,39,40,41)/b15-14+. The van der Waals surface area contributed by atoms with Crippen LogP contribution >= 0.6 is 0 Å². The molecule has 0 bridgehead atoms. The van der Waals surface area contributed by atoms with Gasteiger partial charge in [-0.2, -0.15) is 0 Å². The van der Waals surface area contributed by atoms with Crippen LogP contribution in [-0.2, 0) is 14.4 Å². The first-order chi connectivity index (χ1) is 19.7. The van der Waals surface area contributed by atoms with E-state index in [0.717, 1.165) is 25.7 Å². The molecule has 0 saturated carbocycles. The Morgan fingerprint density at radius 3 is 1.32 bits per heavy atom. The maximum atomic E-state index is 12.0. The monoisotopic (exact) mass is 581 g/mol. The van der Waals surface area contributed by atoms with Gasteiger partial charge in [0.15, 0.2) is 0 Å². The third-order valence-corrected chi connectivity index (χ3v) is 8.73. The van der Waals surface area contributed by atoms with Gasteiger partial charge in [-0.25, -0.2) is 0 Å². The van der Waals surface area contributed by atoms with Crippen LogP contribution in [-0.4, -0.2) is 58.8 Å². The van der Waals surface area contributed by atoms with Gasteiger partial charge in [0.25, 0.3) is 0 Å². The van der Waals surface area contributed by atoms with Gasteiger partial charge >= 0.3 is 11.9 Å². The number of hydrogen-bond donors (Lipinski definition) is 2. The molecule has 0 spiro atoms. The number of hydrogen-bond acceptors (Lipinski definition) is 4. The molecule has 0 heterocycles.